The van der Waals surface area contributed by atoms with Crippen molar-refractivity contribution in [3.05, 3.63) is 0 Å². The van der Waals surface area contributed by atoms with Crippen molar-refractivity contribution in [3.8, 4) is 0 Å². The molecule has 0 radical (unpaired) electrons. The van der Waals surface area contributed by atoms with E-state index in [4.69, 9.17) is 0 Å². The van der Waals surface area contributed by atoms with Crippen LogP contribution in [0, 0.1) is 5.92 Å². The second-order valence-electron chi connectivity index (χ2n) is 6.43. The summed E-state index contributed by atoms with van der Waals surface area (Å²) in [7, 11) is 4.30. The van der Waals surface area contributed by atoms with Crippen LogP contribution in [0.15, 0.2) is 0 Å². The largest absolute Gasteiger partial charge is 0.354 e. The molecule has 2 heterocycles. The third-order valence-electron chi connectivity index (χ3n) is 4.75. The smallest absolute Gasteiger partial charge is 0.220 e. The highest BCUT2D eigenvalue weighted by molar-refractivity contribution is 5.75. The molecule has 0 aromatic rings. The lowest BCUT2D eigenvalue weighted by Crippen LogP contribution is -2.54. The third kappa shape index (κ3) is 5.04. The quantitative estimate of drug-likeness (QED) is 0.752. The first-order chi connectivity index (χ1) is 9.65. The van der Waals surface area contributed by atoms with Gasteiger partial charge in [0, 0.05) is 38.6 Å². The Morgan fingerprint density at radius 2 is 2.00 bits per heavy atom. The molecule has 20 heavy (non-hydrogen) atoms. The minimum absolute atomic E-state index is 0.227. The van der Waals surface area contributed by atoms with E-state index in [9.17, 15) is 4.79 Å². The van der Waals surface area contributed by atoms with Crippen LogP contribution >= 0.6 is 0 Å². The maximum Gasteiger partial charge on any atom is 0.220 e. The van der Waals surface area contributed by atoms with E-state index in [0.717, 1.165) is 51.6 Å². The van der Waals surface area contributed by atoms with Crippen molar-refractivity contribution in [2.45, 2.75) is 31.7 Å². The Morgan fingerprint density at radius 1 is 1.25 bits per heavy atom. The Kier molecular flexibility index (Phi) is 6.26. The Bertz CT molecular complexity index is 304. The molecule has 2 aliphatic rings. The number of carbonyl (C=O) groups is 1. The third-order valence-corrected chi connectivity index (χ3v) is 4.75. The fourth-order valence-corrected chi connectivity index (χ4v) is 3.15. The summed E-state index contributed by atoms with van der Waals surface area (Å²) in [6.45, 7) is 6.27. The summed E-state index contributed by atoms with van der Waals surface area (Å²) >= 11 is 0. The van der Waals surface area contributed by atoms with Crippen molar-refractivity contribution in [1.29, 1.82) is 0 Å². The average molecular weight is 282 g/mol. The Labute approximate surface area is 123 Å². The molecule has 0 aromatic carbocycles. The molecule has 0 bridgehead atoms. The zero-order chi connectivity index (χ0) is 14.4. The van der Waals surface area contributed by atoms with Crippen LogP contribution in [0.1, 0.15) is 25.7 Å². The van der Waals surface area contributed by atoms with Crippen LogP contribution in [0.3, 0.4) is 0 Å². The van der Waals surface area contributed by atoms with Crippen LogP contribution in [0.2, 0.25) is 0 Å². The second-order valence-corrected chi connectivity index (χ2v) is 6.43. The van der Waals surface area contributed by atoms with Crippen LogP contribution in [0.25, 0.3) is 0 Å². The topological polar surface area (TPSA) is 47.6 Å². The van der Waals surface area contributed by atoms with E-state index in [1.807, 2.05) is 0 Å². The molecule has 1 atom stereocenters. The summed E-state index contributed by atoms with van der Waals surface area (Å²) in [5.41, 5.74) is 0. The van der Waals surface area contributed by atoms with E-state index in [1.54, 1.807) is 0 Å². The lowest BCUT2D eigenvalue weighted by Gasteiger charge is -2.37. The normalized spacial score (nSPS) is 26.6. The summed E-state index contributed by atoms with van der Waals surface area (Å²) in [4.78, 5) is 16.7. The monoisotopic (exact) mass is 282 g/mol. The van der Waals surface area contributed by atoms with Gasteiger partial charge in [-0.25, -0.2) is 0 Å². The molecule has 0 aliphatic carbocycles. The molecule has 2 N–H and O–H groups in total. The molecule has 5 heteroatoms. The first kappa shape index (κ1) is 15.7. The van der Waals surface area contributed by atoms with E-state index in [-0.39, 0.29) is 5.91 Å². The lowest BCUT2D eigenvalue weighted by molar-refractivity contribution is -0.121. The van der Waals surface area contributed by atoms with Crippen molar-refractivity contribution < 1.29 is 4.79 Å². The number of nitrogens with zero attached hydrogens (tertiary/aromatic N) is 2. The van der Waals surface area contributed by atoms with Gasteiger partial charge >= 0.3 is 0 Å². The van der Waals surface area contributed by atoms with Crippen LogP contribution < -0.4 is 10.6 Å². The highest BCUT2D eigenvalue weighted by Crippen LogP contribution is 2.17. The van der Waals surface area contributed by atoms with Crippen LogP contribution in [0.5, 0.6) is 0 Å². The average Bonchev–Trinajstić information content (AvgIpc) is 2.47. The summed E-state index contributed by atoms with van der Waals surface area (Å²) in [6, 6.07) is 0.455. The van der Waals surface area contributed by atoms with Crippen molar-refractivity contribution in [1.82, 2.24) is 20.4 Å². The predicted octanol–water partition coefficient (Wildman–Crippen LogP) is 0.128. The molecule has 1 unspecified atom stereocenters. The Hall–Kier alpha value is -0.650. The number of carbonyl (C=O) groups excluding carboxylic acids is 1. The zero-order valence-electron chi connectivity index (χ0n) is 13.0. The summed E-state index contributed by atoms with van der Waals surface area (Å²) in [5.74, 6) is 0.968. The molecule has 2 rings (SSSR count). The van der Waals surface area contributed by atoms with Gasteiger partial charge in [0.15, 0.2) is 0 Å². The van der Waals surface area contributed by atoms with Crippen molar-refractivity contribution >= 4 is 5.91 Å². The van der Waals surface area contributed by atoms with Gasteiger partial charge in [0.1, 0.15) is 0 Å². The van der Waals surface area contributed by atoms with Gasteiger partial charge in [0.2, 0.25) is 5.91 Å². The van der Waals surface area contributed by atoms with Crippen LogP contribution in [-0.4, -0.2) is 75.1 Å². The van der Waals surface area contributed by atoms with Gasteiger partial charge in [-0.05, 0) is 52.4 Å². The highest BCUT2D eigenvalue weighted by Gasteiger charge is 2.22. The lowest BCUT2D eigenvalue weighted by atomic mass is 9.93. The first-order valence-corrected chi connectivity index (χ1v) is 8.01. The molecular formula is C15H30N4O. The fraction of sp³-hybridized carbons (Fsp3) is 0.933. The van der Waals surface area contributed by atoms with Crippen molar-refractivity contribution in [2.75, 3.05) is 53.4 Å². The number of hydrogen-bond donors (Lipinski definition) is 2. The Morgan fingerprint density at radius 3 is 2.75 bits per heavy atom. The molecule has 1 amide bonds. The zero-order valence-corrected chi connectivity index (χ0v) is 13.0. The number of hydrogen-bond acceptors (Lipinski definition) is 4. The van der Waals surface area contributed by atoms with E-state index >= 15 is 0 Å². The van der Waals surface area contributed by atoms with Crippen LogP contribution in [0.4, 0.5) is 0 Å². The minimum Gasteiger partial charge on any atom is -0.354 e. The standard InChI is InChI=1S/C15H30N4O/c1-18-9-10-19(2)14(12-18)11-17-15(20)4-3-13-5-7-16-8-6-13/h13-14,16H,3-12H2,1-2H3,(H,17,20). The van der Waals surface area contributed by atoms with E-state index in [2.05, 4.69) is 34.5 Å². The summed E-state index contributed by atoms with van der Waals surface area (Å²) in [6.07, 6.45) is 4.19. The van der Waals surface area contributed by atoms with E-state index in [1.165, 1.54) is 12.8 Å². The minimum atomic E-state index is 0.227. The van der Waals surface area contributed by atoms with Crippen molar-refractivity contribution in [3.63, 3.8) is 0 Å². The molecule has 5 nitrogen and oxygen atoms in total. The van der Waals surface area contributed by atoms with Gasteiger partial charge in [-0.15, -0.1) is 0 Å². The summed E-state index contributed by atoms with van der Waals surface area (Å²) < 4.78 is 0. The maximum absolute atomic E-state index is 12.0. The fourth-order valence-electron chi connectivity index (χ4n) is 3.15. The molecule has 2 aliphatic heterocycles. The van der Waals surface area contributed by atoms with Crippen LogP contribution in [-0.2, 0) is 4.79 Å². The second kappa shape index (κ2) is 7.96. The molecule has 0 saturated carbocycles. The molecule has 116 valence electrons. The number of rotatable bonds is 5. The van der Waals surface area contributed by atoms with Gasteiger partial charge in [-0.3, -0.25) is 9.69 Å². The number of likely N-dealkylation sites (N-methyl/N-ethyl adjacent to an activating group) is 2. The molecule has 0 spiro atoms. The number of piperazine rings is 1. The molecular weight excluding hydrogens is 252 g/mol. The number of nitrogens with one attached hydrogen (secondary N) is 2. The Balaban J connectivity index is 1.61. The summed E-state index contributed by atoms with van der Waals surface area (Å²) in [5, 5.41) is 6.49. The van der Waals surface area contributed by atoms with E-state index < -0.39 is 0 Å². The number of piperidine rings is 1. The predicted molar refractivity (Wildman–Crippen MR) is 81.8 cm³/mol. The van der Waals surface area contributed by atoms with Gasteiger partial charge in [0.25, 0.3) is 0 Å². The van der Waals surface area contributed by atoms with E-state index in [0.29, 0.717) is 12.5 Å². The van der Waals surface area contributed by atoms with Gasteiger partial charge in [-0.2, -0.15) is 0 Å². The molecule has 2 fully saturated rings. The van der Waals surface area contributed by atoms with Gasteiger partial charge in [0.05, 0.1) is 0 Å². The van der Waals surface area contributed by atoms with Gasteiger partial charge < -0.3 is 15.5 Å². The molecule has 0 aromatic heterocycles. The molecule has 2 saturated heterocycles. The van der Waals surface area contributed by atoms with Crippen molar-refractivity contribution in [2.24, 2.45) is 5.92 Å². The number of amides is 1. The maximum atomic E-state index is 12.0. The SMILES string of the molecule is CN1CCN(C)C(CNC(=O)CCC2CCNCC2)C1. The first-order valence-electron chi connectivity index (χ1n) is 8.01. The highest BCUT2D eigenvalue weighted by atomic mass is 16.1. The van der Waals surface area contributed by atoms with Gasteiger partial charge in [-0.1, -0.05) is 0 Å².